The van der Waals surface area contributed by atoms with Gasteiger partial charge in [-0.25, -0.2) is 4.39 Å². The summed E-state index contributed by atoms with van der Waals surface area (Å²) in [5, 5.41) is 3.07. The molecule has 35 heavy (non-hydrogen) atoms. The van der Waals surface area contributed by atoms with E-state index in [4.69, 9.17) is 5.73 Å². The van der Waals surface area contributed by atoms with E-state index < -0.39 is 17.9 Å². The molecule has 8 heteroatoms. The molecule has 2 aliphatic rings. The molecule has 3 amide bonds. The van der Waals surface area contributed by atoms with E-state index in [0.29, 0.717) is 25.9 Å². The summed E-state index contributed by atoms with van der Waals surface area (Å²) in [5.74, 6) is -1.36. The van der Waals surface area contributed by atoms with Gasteiger partial charge in [0.1, 0.15) is 5.82 Å². The molecular weight excluding hydrogens is 447 g/mol. The van der Waals surface area contributed by atoms with Crippen molar-refractivity contribution < 1.29 is 18.8 Å². The van der Waals surface area contributed by atoms with Gasteiger partial charge in [-0.2, -0.15) is 0 Å². The van der Waals surface area contributed by atoms with Crippen molar-refractivity contribution in [2.75, 3.05) is 13.1 Å². The van der Waals surface area contributed by atoms with Crippen molar-refractivity contribution in [2.24, 2.45) is 5.73 Å². The summed E-state index contributed by atoms with van der Waals surface area (Å²) in [7, 11) is 0. The number of hydrogen-bond acceptors (Lipinski definition) is 4. The number of halogens is 1. The molecule has 2 aromatic carbocycles. The van der Waals surface area contributed by atoms with Gasteiger partial charge in [-0.15, -0.1) is 0 Å². The predicted molar refractivity (Wildman–Crippen MR) is 131 cm³/mol. The second kappa shape index (κ2) is 11.4. The second-order valence-corrected chi connectivity index (χ2v) is 9.43. The molecule has 1 heterocycles. The molecular formula is C27H33FN4O3. The minimum atomic E-state index is -1.04. The Morgan fingerprint density at radius 2 is 1.57 bits per heavy atom. The highest BCUT2D eigenvalue weighted by Gasteiger charge is 2.41. The standard InChI is InChI=1S/C27H33FN4O3/c28-21-10-8-20(9-11-21)27(35)32-18-4-17-31(24(33)16-7-19-5-2-1-3-6-19)26(32)25(34)30-23-14-12-22(29)13-15-23/h1-3,5-6,8-11,22-23,26H,4,7,12-18,29H2,(H,30,34). The number of aryl methyl sites for hydroxylation is 1. The number of amides is 3. The minimum absolute atomic E-state index is 0.0340. The molecule has 3 N–H and O–H groups in total. The van der Waals surface area contributed by atoms with Crippen molar-refractivity contribution in [1.82, 2.24) is 15.1 Å². The molecule has 0 spiro atoms. The van der Waals surface area contributed by atoms with Crippen molar-refractivity contribution in [2.45, 2.75) is 63.2 Å². The molecule has 1 atom stereocenters. The Balaban J connectivity index is 1.54. The van der Waals surface area contributed by atoms with Crippen LogP contribution in [-0.2, 0) is 16.0 Å². The van der Waals surface area contributed by atoms with Crippen molar-refractivity contribution >= 4 is 17.7 Å². The van der Waals surface area contributed by atoms with Crippen LogP contribution in [0.2, 0.25) is 0 Å². The molecule has 2 fully saturated rings. The third kappa shape index (κ3) is 6.25. The topological polar surface area (TPSA) is 95.7 Å². The Kier molecular flexibility index (Phi) is 8.13. The largest absolute Gasteiger partial charge is 0.350 e. The number of nitrogens with two attached hydrogens (primary N) is 1. The molecule has 2 aromatic rings. The van der Waals surface area contributed by atoms with Crippen LogP contribution < -0.4 is 11.1 Å². The van der Waals surface area contributed by atoms with E-state index in [0.717, 1.165) is 31.2 Å². The molecule has 1 aliphatic carbocycles. The predicted octanol–water partition coefficient (Wildman–Crippen LogP) is 2.85. The van der Waals surface area contributed by atoms with Crippen LogP contribution in [0, 0.1) is 5.82 Å². The van der Waals surface area contributed by atoms with E-state index in [9.17, 15) is 18.8 Å². The van der Waals surface area contributed by atoms with E-state index >= 15 is 0 Å². The maximum Gasteiger partial charge on any atom is 0.264 e. The molecule has 1 saturated carbocycles. The zero-order chi connectivity index (χ0) is 24.8. The van der Waals surface area contributed by atoms with Crippen LogP contribution in [0.15, 0.2) is 54.6 Å². The van der Waals surface area contributed by atoms with Gasteiger partial charge in [0.2, 0.25) is 5.91 Å². The van der Waals surface area contributed by atoms with Crippen molar-refractivity contribution in [1.29, 1.82) is 0 Å². The highest BCUT2D eigenvalue weighted by atomic mass is 19.1. The van der Waals surface area contributed by atoms with E-state index in [1.54, 1.807) is 0 Å². The number of nitrogens with zero attached hydrogens (tertiary/aromatic N) is 2. The zero-order valence-corrected chi connectivity index (χ0v) is 19.9. The maximum atomic E-state index is 13.5. The maximum absolute atomic E-state index is 13.5. The number of hydrogen-bond donors (Lipinski definition) is 2. The van der Waals surface area contributed by atoms with Crippen LogP contribution in [0.25, 0.3) is 0 Å². The van der Waals surface area contributed by atoms with Gasteiger partial charge in [0.25, 0.3) is 11.8 Å². The van der Waals surface area contributed by atoms with E-state index in [-0.39, 0.29) is 35.9 Å². The lowest BCUT2D eigenvalue weighted by Crippen LogP contribution is -2.64. The van der Waals surface area contributed by atoms with Crippen LogP contribution in [-0.4, -0.2) is 58.9 Å². The molecule has 4 rings (SSSR count). The molecule has 1 saturated heterocycles. The fraction of sp³-hybridized carbons (Fsp3) is 0.444. The van der Waals surface area contributed by atoms with Gasteiger partial charge >= 0.3 is 0 Å². The number of carbonyl (C=O) groups excluding carboxylic acids is 3. The minimum Gasteiger partial charge on any atom is -0.350 e. The molecule has 7 nitrogen and oxygen atoms in total. The van der Waals surface area contributed by atoms with Crippen molar-refractivity contribution in [3.8, 4) is 0 Å². The van der Waals surface area contributed by atoms with Gasteiger partial charge in [-0.05, 0) is 68.4 Å². The summed E-state index contributed by atoms with van der Waals surface area (Å²) in [4.78, 5) is 43.2. The van der Waals surface area contributed by atoms with Crippen LogP contribution in [0.4, 0.5) is 4.39 Å². The van der Waals surface area contributed by atoms with Gasteiger partial charge in [-0.1, -0.05) is 30.3 Å². The first-order valence-electron chi connectivity index (χ1n) is 12.4. The zero-order valence-electron chi connectivity index (χ0n) is 19.9. The Hall–Kier alpha value is -3.26. The quantitative estimate of drug-likeness (QED) is 0.665. The lowest BCUT2D eigenvalue weighted by Gasteiger charge is -2.43. The van der Waals surface area contributed by atoms with Gasteiger partial charge < -0.3 is 20.9 Å². The van der Waals surface area contributed by atoms with Crippen LogP contribution >= 0.6 is 0 Å². The first kappa shape index (κ1) is 24.9. The van der Waals surface area contributed by atoms with E-state index in [1.165, 1.54) is 34.1 Å². The summed E-state index contributed by atoms with van der Waals surface area (Å²) >= 11 is 0. The number of rotatable bonds is 6. The molecule has 0 aromatic heterocycles. The van der Waals surface area contributed by atoms with Crippen LogP contribution in [0.1, 0.15) is 54.4 Å². The fourth-order valence-electron chi connectivity index (χ4n) is 4.92. The Morgan fingerprint density at radius 3 is 2.26 bits per heavy atom. The highest BCUT2D eigenvalue weighted by Crippen LogP contribution is 2.22. The van der Waals surface area contributed by atoms with Gasteiger partial charge in [0, 0.05) is 37.2 Å². The smallest absolute Gasteiger partial charge is 0.264 e. The monoisotopic (exact) mass is 480 g/mol. The molecule has 186 valence electrons. The third-order valence-electron chi connectivity index (χ3n) is 6.88. The number of nitrogens with one attached hydrogen (secondary N) is 1. The normalized spacial score (nSPS) is 22.5. The molecule has 0 radical (unpaired) electrons. The summed E-state index contributed by atoms with van der Waals surface area (Å²) in [6, 6.07) is 15.1. The second-order valence-electron chi connectivity index (χ2n) is 9.43. The SMILES string of the molecule is NC1CCC(NC(=O)C2N(C(=O)CCc3ccccc3)CCCN2C(=O)c2ccc(F)cc2)CC1. The first-order chi connectivity index (χ1) is 16.9. The number of carbonyl (C=O) groups is 3. The lowest BCUT2D eigenvalue weighted by atomic mass is 9.91. The van der Waals surface area contributed by atoms with Crippen LogP contribution in [0.5, 0.6) is 0 Å². The Morgan fingerprint density at radius 1 is 0.914 bits per heavy atom. The fourth-order valence-corrected chi connectivity index (χ4v) is 4.92. The van der Waals surface area contributed by atoms with E-state index in [2.05, 4.69) is 5.32 Å². The summed E-state index contributed by atoms with van der Waals surface area (Å²) < 4.78 is 13.4. The van der Waals surface area contributed by atoms with Crippen molar-refractivity contribution in [3.63, 3.8) is 0 Å². The third-order valence-corrected chi connectivity index (χ3v) is 6.88. The average molecular weight is 481 g/mol. The Bertz CT molecular complexity index is 1020. The van der Waals surface area contributed by atoms with Gasteiger partial charge in [0.05, 0.1) is 0 Å². The summed E-state index contributed by atoms with van der Waals surface area (Å²) in [6.07, 6.45) is 3.51. The molecule has 1 unspecified atom stereocenters. The highest BCUT2D eigenvalue weighted by molar-refractivity contribution is 5.98. The summed E-state index contributed by atoms with van der Waals surface area (Å²) in [5.41, 5.74) is 7.33. The van der Waals surface area contributed by atoms with Crippen molar-refractivity contribution in [3.05, 3.63) is 71.5 Å². The van der Waals surface area contributed by atoms with E-state index in [1.807, 2.05) is 30.3 Å². The number of benzene rings is 2. The first-order valence-corrected chi connectivity index (χ1v) is 12.4. The lowest BCUT2D eigenvalue weighted by molar-refractivity contribution is -0.149. The van der Waals surface area contributed by atoms with Crippen LogP contribution in [0.3, 0.4) is 0 Å². The van der Waals surface area contributed by atoms with Gasteiger partial charge in [0.15, 0.2) is 6.17 Å². The molecule has 1 aliphatic heterocycles. The summed E-state index contributed by atoms with van der Waals surface area (Å²) in [6.45, 7) is 0.737. The average Bonchev–Trinajstić information content (AvgIpc) is 2.88. The Labute approximate surface area is 205 Å². The van der Waals surface area contributed by atoms with Gasteiger partial charge in [-0.3, -0.25) is 14.4 Å². The molecule has 0 bridgehead atoms.